The van der Waals surface area contributed by atoms with Crippen LogP contribution in [-0.2, 0) is 4.79 Å². The minimum atomic E-state index is 0. The number of nitrogens with one attached hydrogen (secondary N) is 1. The Balaban J connectivity index is 0.00000289. The topological polar surface area (TPSA) is 32.3 Å². The minimum absolute atomic E-state index is 0. The Hall–Kier alpha value is -0.280. The summed E-state index contributed by atoms with van der Waals surface area (Å²) in [7, 11) is 0. The van der Waals surface area contributed by atoms with Crippen LogP contribution in [0.5, 0.6) is 0 Å². The molecule has 0 bridgehead atoms. The first kappa shape index (κ1) is 17.7. The molecule has 1 fully saturated rings. The van der Waals surface area contributed by atoms with Crippen LogP contribution in [0.3, 0.4) is 0 Å². The quantitative estimate of drug-likeness (QED) is 0.725. The van der Waals surface area contributed by atoms with Crippen LogP contribution in [0.15, 0.2) is 0 Å². The molecule has 1 saturated heterocycles. The van der Waals surface area contributed by atoms with Gasteiger partial charge in [-0.25, -0.2) is 0 Å². The molecule has 1 N–H and O–H groups in total. The molecule has 0 aliphatic carbocycles. The van der Waals surface area contributed by atoms with Gasteiger partial charge in [0, 0.05) is 18.5 Å². The molecule has 4 heteroatoms. The van der Waals surface area contributed by atoms with Gasteiger partial charge in [0.15, 0.2) is 0 Å². The van der Waals surface area contributed by atoms with Crippen molar-refractivity contribution in [3.8, 4) is 0 Å². The smallest absolute Gasteiger partial charge is 0.226 e. The van der Waals surface area contributed by atoms with Gasteiger partial charge in [0.2, 0.25) is 5.91 Å². The maximum absolute atomic E-state index is 12.4. The standard InChI is InChI=1S/C14H28N2O.ClH/c1-5-6-7-8-16(11(2)3)14(17)12(4)13-9-15-10-13;/h11-13,15H,5-10H2,1-4H3;1H. The van der Waals surface area contributed by atoms with Crippen LogP contribution < -0.4 is 5.32 Å². The number of halogens is 1. The summed E-state index contributed by atoms with van der Waals surface area (Å²) in [6, 6.07) is 0.329. The SMILES string of the molecule is CCCCCN(C(=O)C(C)C1CNC1)C(C)C.Cl. The van der Waals surface area contributed by atoms with Gasteiger partial charge >= 0.3 is 0 Å². The molecular formula is C14H29ClN2O. The fraction of sp³-hybridized carbons (Fsp3) is 0.929. The third-order valence-electron chi connectivity index (χ3n) is 3.82. The number of carbonyl (C=O) groups excluding carboxylic acids is 1. The number of hydrogen-bond donors (Lipinski definition) is 1. The van der Waals surface area contributed by atoms with E-state index in [1.54, 1.807) is 0 Å². The largest absolute Gasteiger partial charge is 0.340 e. The first-order valence-electron chi connectivity index (χ1n) is 7.09. The minimum Gasteiger partial charge on any atom is -0.340 e. The highest BCUT2D eigenvalue weighted by Crippen LogP contribution is 2.20. The zero-order valence-electron chi connectivity index (χ0n) is 12.2. The third-order valence-corrected chi connectivity index (χ3v) is 3.82. The van der Waals surface area contributed by atoms with Gasteiger partial charge in [-0.15, -0.1) is 12.4 Å². The van der Waals surface area contributed by atoms with E-state index in [-0.39, 0.29) is 18.3 Å². The molecule has 1 aliphatic heterocycles. The van der Waals surface area contributed by atoms with E-state index < -0.39 is 0 Å². The van der Waals surface area contributed by atoms with Crippen LogP contribution in [0, 0.1) is 11.8 Å². The van der Waals surface area contributed by atoms with Crippen LogP contribution in [0.4, 0.5) is 0 Å². The third kappa shape index (κ3) is 4.77. The van der Waals surface area contributed by atoms with Gasteiger partial charge in [-0.3, -0.25) is 4.79 Å². The Bertz CT molecular complexity index is 242. The Labute approximate surface area is 118 Å². The Morgan fingerprint density at radius 1 is 1.28 bits per heavy atom. The molecule has 1 rings (SSSR count). The zero-order valence-corrected chi connectivity index (χ0v) is 13.1. The average Bonchev–Trinajstić information content (AvgIpc) is 2.20. The van der Waals surface area contributed by atoms with Gasteiger partial charge in [-0.2, -0.15) is 0 Å². The summed E-state index contributed by atoms with van der Waals surface area (Å²) < 4.78 is 0. The van der Waals surface area contributed by atoms with Gasteiger partial charge in [0.05, 0.1) is 0 Å². The van der Waals surface area contributed by atoms with E-state index in [1.165, 1.54) is 12.8 Å². The average molecular weight is 277 g/mol. The molecule has 18 heavy (non-hydrogen) atoms. The van der Waals surface area contributed by atoms with Gasteiger partial charge < -0.3 is 10.2 Å². The van der Waals surface area contributed by atoms with E-state index in [2.05, 4.69) is 37.9 Å². The maximum Gasteiger partial charge on any atom is 0.226 e. The molecule has 1 aliphatic rings. The summed E-state index contributed by atoms with van der Waals surface area (Å²) in [5, 5.41) is 3.25. The van der Waals surface area contributed by atoms with Crippen LogP contribution in [0.25, 0.3) is 0 Å². The summed E-state index contributed by atoms with van der Waals surface area (Å²) in [5.74, 6) is 1.08. The molecule has 108 valence electrons. The molecule has 1 heterocycles. The summed E-state index contributed by atoms with van der Waals surface area (Å²) in [4.78, 5) is 14.5. The van der Waals surface area contributed by atoms with Crippen LogP contribution in [0.2, 0.25) is 0 Å². The van der Waals surface area contributed by atoms with Crippen molar-refractivity contribution in [1.82, 2.24) is 10.2 Å². The van der Waals surface area contributed by atoms with E-state index >= 15 is 0 Å². The Kier molecular flexibility index (Phi) is 8.62. The molecule has 0 spiro atoms. The van der Waals surface area contributed by atoms with Crippen molar-refractivity contribution >= 4 is 18.3 Å². The predicted octanol–water partition coefficient (Wildman–Crippen LogP) is 2.69. The fourth-order valence-electron chi connectivity index (χ4n) is 2.28. The van der Waals surface area contributed by atoms with Gasteiger partial charge in [0.25, 0.3) is 0 Å². The molecule has 0 aromatic carbocycles. The van der Waals surface area contributed by atoms with E-state index in [0.29, 0.717) is 17.9 Å². The van der Waals surface area contributed by atoms with Crippen LogP contribution >= 0.6 is 12.4 Å². The van der Waals surface area contributed by atoms with E-state index in [0.717, 1.165) is 26.1 Å². The number of nitrogens with zero attached hydrogens (tertiary/aromatic N) is 1. The van der Waals surface area contributed by atoms with Crippen molar-refractivity contribution in [1.29, 1.82) is 0 Å². The van der Waals surface area contributed by atoms with Crippen molar-refractivity contribution in [3.05, 3.63) is 0 Å². The second-order valence-electron chi connectivity index (χ2n) is 5.54. The summed E-state index contributed by atoms with van der Waals surface area (Å²) in [5.41, 5.74) is 0. The second-order valence-corrected chi connectivity index (χ2v) is 5.54. The summed E-state index contributed by atoms with van der Waals surface area (Å²) in [6.45, 7) is 11.5. The molecule has 0 aromatic heterocycles. The molecule has 0 radical (unpaired) electrons. The van der Waals surface area contributed by atoms with Crippen LogP contribution in [-0.4, -0.2) is 36.5 Å². The number of hydrogen-bond acceptors (Lipinski definition) is 2. The highest BCUT2D eigenvalue weighted by Gasteiger charge is 2.32. The van der Waals surface area contributed by atoms with Crippen molar-refractivity contribution in [2.75, 3.05) is 19.6 Å². The number of amides is 1. The first-order chi connectivity index (χ1) is 8.07. The van der Waals surface area contributed by atoms with Crippen molar-refractivity contribution in [2.45, 2.75) is 53.0 Å². The molecule has 1 unspecified atom stereocenters. The van der Waals surface area contributed by atoms with E-state index in [9.17, 15) is 4.79 Å². The summed E-state index contributed by atoms with van der Waals surface area (Å²) >= 11 is 0. The lowest BCUT2D eigenvalue weighted by Crippen LogP contribution is -2.51. The highest BCUT2D eigenvalue weighted by molar-refractivity contribution is 5.85. The molecule has 1 amide bonds. The van der Waals surface area contributed by atoms with Gasteiger partial charge in [0.1, 0.15) is 0 Å². The molecule has 0 aromatic rings. The molecule has 0 saturated carbocycles. The number of unbranched alkanes of at least 4 members (excludes halogenated alkanes) is 2. The molecule has 1 atom stereocenters. The lowest BCUT2D eigenvalue weighted by molar-refractivity contribution is -0.139. The zero-order chi connectivity index (χ0) is 12.8. The fourth-order valence-corrected chi connectivity index (χ4v) is 2.28. The lowest BCUT2D eigenvalue weighted by atomic mass is 9.87. The maximum atomic E-state index is 12.4. The van der Waals surface area contributed by atoms with Gasteiger partial charge in [-0.1, -0.05) is 26.7 Å². The number of rotatable bonds is 7. The Morgan fingerprint density at radius 2 is 1.89 bits per heavy atom. The number of carbonyl (C=O) groups is 1. The van der Waals surface area contributed by atoms with Crippen LogP contribution in [0.1, 0.15) is 47.0 Å². The first-order valence-corrected chi connectivity index (χ1v) is 7.09. The van der Waals surface area contributed by atoms with E-state index in [4.69, 9.17) is 0 Å². The Morgan fingerprint density at radius 3 is 2.28 bits per heavy atom. The van der Waals surface area contributed by atoms with Crippen molar-refractivity contribution < 1.29 is 4.79 Å². The normalized spacial score (nSPS) is 16.9. The molecular weight excluding hydrogens is 248 g/mol. The predicted molar refractivity (Wildman–Crippen MR) is 79.1 cm³/mol. The van der Waals surface area contributed by atoms with Gasteiger partial charge in [-0.05, 0) is 39.3 Å². The van der Waals surface area contributed by atoms with E-state index in [1.807, 2.05) is 0 Å². The summed E-state index contributed by atoms with van der Waals surface area (Å²) in [6.07, 6.45) is 3.56. The highest BCUT2D eigenvalue weighted by atomic mass is 35.5. The van der Waals surface area contributed by atoms with Crippen molar-refractivity contribution in [2.24, 2.45) is 11.8 Å². The lowest BCUT2D eigenvalue weighted by Gasteiger charge is -2.36. The second kappa shape index (κ2) is 8.76. The molecule has 3 nitrogen and oxygen atoms in total. The van der Waals surface area contributed by atoms with Crippen molar-refractivity contribution in [3.63, 3.8) is 0 Å². The monoisotopic (exact) mass is 276 g/mol.